The third-order valence-corrected chi connectivity index (χ3v) is 6.25. The van der Waals surface area contributed by atoms with Crippen molar-refractivity contribution in [3.63, 3.8) is 0 Å². The molecule has 1 saturated heterocycles. The van der Waals surface area contributed by atoms with E-state index in [-0.39, 0.29) is 17.3 Å². The SMILES string of the molecule is O=C(c1ccc(CNS(=O)(=O)c2ccccc2)s1)N1CCCC1. The highest BCUT2D eigenvalue weighted by Gasteiger charge is 2.21. The summed E-state index contributed by atoms with van der Waals surface area (Å²) in [6.45, 7) is 1.81. The van der Waals surface area contributed by atoms with Gasteiger partial charge in [0.15, 0.2) is 0 Å². The molecule has 7 heteroatoms. The molecule has 0 spiro atoms. The minimum Gasteiger partial charge on any atom is -0.338 e. The topological polar surface area (TPSA) is 66.5 Å². The van der Waals surface area contributed by atoms with Gasteiger partial charge in [-0.3, -0.25) is 4.79 Å². The van der Waals surface area contributed by atoms with Gasteiger partial charge in [0.2, 0.25) is 10.0 Å². The van der Waals surface area contributed by atoms with Crippen LogP contribution in [0.2, 0.25) is 0 Å². The van der Waals surface area contributed by atoms with Crippen molar-refractivity contribution in [2.75, 3.05) is 13.1 Å². The fourth-order valence-corrected chi connectivity index (χ4v) is 4.55. The maximum Gasteiger partial charge on any atom is 0.263 e. The normalized spacial score (nSPS) is 15.0. The second-order valence-corrected chi connectivity index (χ2v) is 8.34. The van der Waals surface area contributed by atoms with Crippen LogP contribution in [0.3, 0.4) is 0 Å². The van der Waals surface area contributed by atoms with Gasteiger partial charge in [-0.05, 0) is 37.1 Å². The Labute approximate surface area is 140 Å². The van der Waals surface area contributed by atoms with Gasteiger partial charge in [0, 0.05) is 24.5 Å². The van der Waals surface area contributed by atoms with Crippen LogP contribution in [-0.4, -0.2) is 32.3 Å². The molecule has 1 aromatic carbocycles. The molecule has 1 amide bonds. The summed E-state index contributed by atoms with van der Waals surface area (Å²) in [6.07, 6.45) is 2.11. The lowest BCUT2D eigenvalue weighted by atomic mass is 10.4. The van der Waals surface area contributed by atoms with Crippen molar-refractivity contribution in [2.45, 2.75) is 24.3 Å². The number of hydrogen-bond donors (Lipinski definition) is 1. The molecule has 0 aliphatic carbocycles. The number of hydrogen-bond acceptors (Lipinski definition) is 4. The summed E-state index contributed by atoms with van der Waals surface area (Å²) < 4.78 is 26.9. The monoisotopic (exact) mass is 350 g/mol. The Bertz CT molecular complexity index is 779. The van der Waals surface area contributed by atoms with Gasteiger partial charge in [0.1, 0.15) is 0 Å². The van der Waals surface area contributed by atoms with E-state index in [1.165, 1.54) is 11.3 Å². The third kappa shape index (κ3) is 3.80. The number of rotatable bonds is 5. The largest absolute Gasteiger partial charge is 0.338 e. The minimum absolute atomic E-state index is 0.0460. The van der Waals surface area contributed by atoms with Crippen LogP contribution in [0, 0.1) is 0 Å². The van der Waals surface area contributed by atoms with Crippen LogP contribution in [-0.2, 0) is 16.6 Å². The molecule has 2 aromatic rings. The first kappa shape index (κ1) is 16.2. The van der Waals surface area contributed by atoms with Crippen molar-refractivity contribution in [3.05, 3.63) is 52.2 Å². The lowest BCUT2D eigenvalue weighted by molar-refractivity contribution is 0.0797. The highest BCUT2D eigenvalue weighted by Crippen LogP contribution is 2.21. The maximum atomic E-state index is 12.3. The summed E-state index contributed by atoms with van der Waals surface area (Å²) in [5.41, 5.74) is 0. The van der Waals surface area contributed by atoms with Gasteiger partial charge in [0.05, 0.1) is 9.77 Å². The van der Waals surface area contributed by atoms with E-state index in [0.717, 1.165) is 30.8 Å². The molecular weight excluding hydrogens is 332 g/mol. The summed E-state index contributed by atoms with van der Waals surface area (Å²) >= 11 is 1.35. The van der Waals surface area contributed by atoms with Crippen molar-refractivity contribution < 1.29 is 13.2 Å². The molecular formula is C16H18N2O3S2. The molecule has 0 saturated carbocycles. The molecule has 2 heterocycles. The third-order valence-electron chi connectivity index (χ3n) is 3.76. The average Bonchev–Trinajstić information content (AvgIpc) is 3.25. The molecule has 1 aliphatic rings. The van der Waals surface area contributed by atoms with Crippen LogP contribution in [0.4, 0.5) is 0 Å². The van der Waals surface area contributed by atoms with Crippen molar-refractivity contribution in [2.24, 2.45) is 0 Å². The lowest BCUT2D eigenvalue weighted by Gasteiger charge is -2.13. The van der Waals surface area contributed by atoms with E-state index in [9.17, 15) is 13.2 Å². The molecule has 122 valence electrons. The first-order valence-electron chi connectivity index (χ1n) is 7.49. The van der Waals surface area contributed by atoms with Crippen LogP contribution in [0.5, 0.6) is 0 Å². The van der Waals surface area contributed by atoms with Gasteiger partial charge in [-0.15, -0.1) is 11.3 Å². The number of benzene rings is 1. The van der Waals surface area contributed by atoms with Crippen LogP contribution >= 0.6 is 11.3 Å². The van der Waals surface area contributed by atoms with E-state index in [2.05, 4.69) is 4.72 Å². The van der Waals surface area contributed by atoms with Gasteiger partial charge >= 0.3 is 0 Å². The lowest BCUT2D eigenvalue weighted by Crippen LogP contribution is -2.26. The Balaban J connectivity index is 1.64. The van der Waals surface area contributed by atoms with Gasteiger partial charge in [-0.25, -0.2) is 13.1 Å². The van der Waals surface area contributed by atoms with E-state index in [1.807, 2.05) is 11.0 Å². The first-order chi connectivity index (χ1) is 11.1. The van der Waals surface area contributed by atoms with E-state index in [1.54, 1.807) is 36.4 Å². The van der Waals surface area contributed by atoms with Crippen LogP contribution in [0.1, 0.15) is 27.4 Å². The molecule has 1 N–H and O–H groups in total. The molecule has 0 radical (unpaired) electrons. The van der Waals surface area contributed by atoms with Crippen LogP contribution in [0.25, 0.3) is 0 Å². The number of sulfonamides is 1. The van der Waals surface area contributed by atoms with E-state index < -0.39 is 10.0 Å². The first-order valence-corrected chi connectivity index (χ1v) is 9.79. The van der Waals surface area contributed by atoms with Crippen molar-refractivity contribution >= 4 is 27.3 Å². The summed E-state index contributed by atoms with van der Waals surface area (Å²) in [7, 11) is -3.52. The molecule has 3 rings (SSSR count). The number of likely N-dealkylation sites (tertiary alicyclic amines) is 1. The molecule has 5 nitrogen and oxygen atoms in total. The Hall–Kier alpha value is -1.70. The highest BCUT2D eigenvalue weighted by molar-refractivity contribution is 7.89. The standard InChI is InChI=1S/C16H18N2O3S2/c19-16(18-10-4-5-11-18)15-9-8-13(22-15)12-17-23(20,21)14-6-2-1-3-7-14/h1-3,6-9,17H,4-5,10-12H2. The zero-order valence-corrected chi connectivity index (χ0v) is 14.2. The second-order valence-electron chi connectivity index (χ2n) is 5.40. The average molecular weight is 350 g/mol. The Morgan fingerprint density at radius 3 is 2.48 bits per heavy atom. The molecule has 0 unspecified atom stereocenters. The number of nitrogens with one attached hydrogen (secondary N) is 1. The molecule has 1 aliphatic heterocycles. The van der Waals surface area contributed by atoms with Crippen molar-refractivity contribution in [1.82, 2.24) is 9.62 Å². The highest BCUT2D eigenvalue weighted by atomic mass is 32.2. The minimum atomic E-state index is -3.52. The Kier molecular flexibility index (Phi) is 4.79. The van der Waals surface area contributed by atoms with Crippen molar-refractivity contribution in [3.8, 4) is 0 Å². The number of thiophene rings is 1. The molecule has 0 bridgehead atoms. The van der Waals surface area contributed by atoms with Gasteiger partial charge in [-0.1, -0.05) is 18.2 Å². The summed E-state index contributed by atoms with van der Waals surface area (Å²) in [5, 5.41) is 0. The fraction of sp³-hybridized carbons (Fsp3) is 0.312. The van der Waals surface area contributed by atoms with Crippen molar-refractivity contribution in [1.29, 1.82) is 0 Å². The zero-order valence-electron chi connectivity index (χ0n) is 12.6. The van der Waals surface area contributed by atoms with Gasteiger partial charge < -0.3 is 4.90 Å². The Morgan fingerprint density at radius 2 is 1.78 bits per heavy atom. The van der Waals surface area contributed by atoms with Gasteiger partial charge in [-0.2, -0.15) is 0 Å². The molecule has 1 aromatic heterocycles. The van der Waals surface area contributed by atoms with Crippen LogP contribution < -0.4 is 4.72 Å². The fourth-order valence-electron chi connectivity index (χ4n) is 2.51. The summed E-state index contributed by atoms with van der Waals surface area (Å²) in [6, 6.07) is 11.8. The summed E-state index contributed by atoms with van der Waals surface area (Å²) in [5.74, 6) is 0.0460. The van der Waals surface area contributed by atoms with Crippen LogP contribution in [0.15, 0.2) is 47.4 Å². The predicted octanol–water partition coefficient (Wildman–Crippen LogP) is 2.46. The maximum absolute atomic E-state index is 12.3. The number of carbonyl (C=O) groups excluding carboxylic acids is 1. The number of carbonyl (C=O) groups is 1. The molecule has 0 atom stereocenters. The Morgan fingerprint density at radius 1 is 1.09 bits per heavy atom. The van der Waals surface area contributed by atoms with E-state index in [4.69, 9.17) is 0 Å². The number of nitrogens with zero attached hydrogens (tertiary/aromatic N) is 1. The van der Waals surface area contributed by atoms with E-state index in [0.29, 0.717) is 4.88 Å². The zero-order chi connectivity index (χ0) is 16.3. The molecule has 1 fully saturated rings. The quantitative estimate of drug-likeness (QED) is 0.901. The summed E-state index contributed by atoms with van der Waals surface area (Å²) in [4.78, 5) is 15.9. The molecule has 23 heavy (non-hydrogen) atoms. The van der Waals surface area contributed by atoms with Gasteiger partial charge in [0.25, 0.3) is 5.91 Å². The van der Waals surface area contributed by atoms with E-state index >= 15 is 0 Å². The number of amides is 1. The predicted molar refractivity (Wildman–Crippen MR) is 89.9 cm³/mol. The second kappa shape index (κ2) is 6.82. The smallest absolute Gasteiger partial charge is 0.263 e.